The Labute approximate surface area is 127 Å². The predicted molar refractivity (Wildman–Crippen MR) is 85.8 cm³/mol. The van der Waals surface area contributed by atoms with Crippen molar-refractivity contribution in [3.63, 3.8) is 0 Å². The van der Waals surface area contributed by atoms with E-state index in [4.69, 9.17) is 0 Å². The van der Waals surface area contributed by atoms with Crippen LogP contribution in [0.4, 0.5) is 0 Å². The van der Waals surface area contributed by atoms with E-state index in [1.807, 2.05) is 5.38 Å². The molecule has 0 N–H and O–H groups in total. The van der Waals surface area contributed by atoms with Gasteiger partial charge in [0, 0.05) is 17.9 Å². The van der Waals surface area contributed by atoms with Gasteiger partial charge in [-0.3, -0.25) is 4.79 Å². The third kappa shape index (κ3) is 2.01. The third-order valence-corrected chi connectivity index (χ3v) is 4.84. The lowest BCUT2D eigenvalue weighted by Gasteiger charge is -2.03. The van der Waals surface area contributed by atoms with Crippen LogP contribution < -0.4 is 0 Å². The summed E-state index contributed by atoms with van der Waals surface area (Å²) in [5.41, 5.74) is 7.35. The number of thiazole rings is 1. The maximum absolute atomic E-state index is 11.4. The molecule has 0 atom stereocenters. The maximum atomic E-state index is 11.4. The Hall–Kier alpha value is -2.26. The molecule has 1 aromatic heterocycles. The molecule has 0 aliphatic heterocycles. The lowest BCUT2D eigenvalue weighted by molar-refractivity contribution is 0.101. The molecule has 0 amide bonds. The van der Waals surface area contributed by atoms with Crippen LogP contribution in [-0.4, -0.2) is 10.8 Å². The molecule has 0 radical (unpaired) electrons. The molecule has 1 heterocycles. The molecule has 0 saturated carbocycles. The van der Waals surface area contributed by atoms with Crippen molar-refractivity contribution in [2.45, 2.75) is 13.3 Å². The summed E-state index contributed by atoms with van der Waals surface area (Å²) in [7, 11) is 0. The Kier molecular flexibility index (Phi) is 2.76. The van der Waals surface area contributed by atoms with Gasteiger partial charge in [0.15, 0.2) is 10.8 Å². The van der Waals surface area contributed by atoms with E-state index in [1.165, 1.54) is 33.6 Å². The van der Waals surface area contributed by atoms with Crippen LogP contribution in [0.15, 0.2) is 47.8 Å². The Morgan fingerprint density at radius 2 is 1.90 bits per heavy atom. The molecular formula is C18H13NOS. The molecule has 1 aliphatic rings. The van der Waals surface area contributed by atoms with E-state index in [-0.39, 0.29) is 5.78 Å². The number of aromatic nitrogens is 1. The quantitative estimate of drug-likeness (QED) is 0.506. The van der Waals surface area contributed by atoms with Crippen LogP contribution >= 0.6 is 11.3 Å². The SMILES string of the molecule is CC(=O)c1nc(-c2ccc3c(c2)Cc2ccccc2-3)cs1. The molecule has 102 valence electrons. The lowest BCUT2D eigenvalue weighted by atomic mass is 10.0. The van der Waals surface area contributed by atoms with E-state index in [1.54, 1.807) is 6.92 Å². The smallest absolute Gasteiger partial charge is 0.188 e. The first-order valence-electron chi connectivity index (χ1n) is 6.90. The monoisotopic (exact) mass is 291 g/mol. The van der Waals surface area contributed by atoms with E-state index in [9.17, 15) is 4.79 Å². The van der Waals surface area contributed by atoms with Gasteiger partial charge in [-0.25, -0.2) is 4.98 Å². The minimum atomic E-state index is 0.0276. The second kappa shape index (κ2) is 4.64. The van der Waals surface area contributed by atoms with Crippen LogP contribution in [0.1, 0.15) is 27.9 Å². The van der Waals surface area contributed by atoms with E-state index >= 15 is 0 Å². The summed E-state index contributed by atoms with van der Waals surface area (Å²) in [5.74, 6) is 0.0276. The highest BCUT2D eigenvalue weighted by Crippen LogP contribution is 2.38. The summed E-state index contributed by atoms with van der Waals surface area (Å²) in [5, 5.41) is 2.54. The van der Waals surface area contributed by atoms with E-state index in [2.05, 4.69) is 47.4 Å². The van der Waals surface area contributed by atoms with Gasteiger partial charge in [0.1, 0.15) is 0 Å². The van der Waals surface area contributed by atoms with Gasteiger partial charge in [0.2, 0.25) is 0 Å². The fourth-order valence-corrected chi connectivity index (χ4v) is 3.60. The second-order valence-corrected chi connectivity index (χ2v) is 6.16. The zero-order valence-electron chi connectivity index (χ0n) is 11.6. The summed E-state index contributed by atoms with van der Waals surface area (Å²) in [6.45, 7) is 1.56. The maximum Gasteiger partial charge on any atom is 0.188 e. The number of ketones is 1. The van der Waals surface area contributed by atoms with Crippen LogP contribution in [0.2, 0.25) is 0 Å². The normalized spacial score (nSPS) is 12.0. The molecule has 0 bridgehead atoms. The molecule has 2 nitrogen and oxygen atoms in total. The Morgan fingerprint density at radius 1 is 1.10 bits per heavy atom. The van der Waals surface area contributed by atoms with Gasteiger partial charge in [-0.05, 0) is 34.7 Å². The number of rotatable bonds is 2. The highest BCUT2D eigenvalue weighted by molar-refractivity contribution is 7.12. The molecular weight excluding hydrogens is 278 g/mol. The van der Waals surface area contributed by atoms with Crippen molar-refractivity contribution in [2.75, 3.05) is 0 Å². The molecule has 21 heavy (non-hydrogen) atoms. The van der Waals surface area contributed by atoms with E-state index < -0.39 is 0 Å². The Morgan fingerprint density at radius 3 is 2.71 bits per heavy atom. The first-order valence-corrected chi connectivity index (χ1v) is 7.78. The number of hydrogen-bond donors (Lipinski definition) is 0. The summed E-state index contributed by atoms with van der Waals surface area (Å²) in [4.78, 5) is 15.8. The number of carbonyl (C=O) groups is 1. The van der Waals surface area contributed by atoms with Crippen LogP contribution in [0, 0.1) is 0 Å². The average Bonchev–Trinajstić information content (AvgIpc) is 3.11. The predicted octanol–water partition coefficient (Wildman–Crippen LogP) is 4.58. The van der Waals surface area contributed by atoms with Crippen LogP contribution in [0.3, 0.4) is 0 Å². The summed E-state index contributed by atoms with van der Waals surface area (Å²) in [6.07, 6.45) is 0.975. The highest BCUT2D eigenvalue weighted by Gasteiger charge is 2.18. The van der Waals surface area contributed by atoms with Gasteiger partial charge in [-0.2, -0.15) is 0 Å². The molecule has 0 unspecified atom stereocenters. The largest absolute Gasteiger partial charge is 0.292 e. The first-order chi connectivity index (χ1) is 10.2. The van der Waals surface area contributed by atoms with Crippen LogP contribution in [0.25, 0.3) is 22.4 Å². The van der Waals surface area contributed by atoms with Gasteiger partial charge in [-0.1, -0.05) is 36.4 Å². The molecule has 0 spiro atoms. The molecule has 4 rings (SSSR count). The minimum Gasteiger partial charge on any atom is -0.292 e. The van der Waals surface area contributed by atoms with E-state index in [0.29, 0.717) is 5.01 Å². The van der Waals surface area contributed by atoms with Gasteiger partial charge in [0.25, 0.3) is 0 Å². The number of benzene rings is 2. The third-order valence-electron chi connectivity index (χ3n) is 3.89. The van der Waals surface area contributed by atoms with Crippen molar-refractivity contribution < 1.29 is 4.79 Å². The molecule has 2 aromatic carbocycles. The summed E-state index contributed by atoms with van der Waals surface area (Å²) < 4.78 is 0. The van der Waals surface area contributed by atoms with Gasteiger partial charge >= 0.3 is 0 Å². The van der Waals surface area contributed by atoms with E-state index in [0.717, 1.165) is 17.7 Å². The summed E-state index contributed by atoms with van der Waals surface area (Å²) in [6, 6.07) is 15.0. The number of fused-ring (bicyclic) bond motifs is 3. The fourth-order valence-electron chi connectivity index (χ4n) is 2.87. The van der Waals surface area contributed by atoms with Gasteiger partial charge < -0.3 is 0 Å². The minimum absolute atomic E-state index is 0.0276. The van der Waals surface area contributed by atoms with Crippen molar-refractivity contribution in [3.05, 3.63) is 64.0 Å². The number of carbonyl (C=O) groups excluding carboxylic acids is 1. The molecule has 3 heteroatoms. The topological polar surface area (TPSA) is 30.0 Å². The number of hydrogen-bond acceptors (Lipinski definition) is 3. The fraction of sp³-hybridized carbons (Fsp3) is 0.111. The second-order valence-electron chi connectivity index (χ2n) is 5.30. The highest BCUT2D eigenvalue weighted by atomic mass is 32.1. The zero-order valence-corrected chi connectivity index (χ0v) is 12.4. The van der Waals surface area contributed by atoms with Crippen molar-refractivity contribution in [3.8, 4) is 22.4 Å². The van der Waals surface area contributed by atoms with Crippen LogP contribution in [0.5, 0.6) is 0 Å². The molecule has 3 aromatic rings. The van der Waals surface area contributed by atoms with Crippen LogP contribution in [-0.2, 0) is 6.42 Å². The Balaban J connectivity index is 1.77. The van der Waals surface area contributed by atoms with Crippen molar-refractivity contribution in [1.82, 2.24) is 4.98 Å². The number of Topliss-reactive ketones (excluding diaryl/α,β-unsaturated/α-hetero) is 1. The standard InChI is InChI=1S/C18H13NOS/c1-11(20)18-19-17(10-21-18)13-6-7-16-14(9-13)8-12-4-2-3-5-15(12)16/h2-7,9-10H,8H2,1H3. The van der Waals surface area contributed by atoms with Gasteiger partial charge in [0.05, 0.1) is 5.69 Å². The van der Waals surface area contributed by atoms with Gasteiger partial charge in [-0.15, -0.1) is 11.3 Å². The first kappa shape index (κ1) is 12.5. The lowest BCUT2D eigenvalue weighted by Crippen LogP contribution is -1.90. The molecule has 0 saturated heterocycles. The molecule has 0 fully saturated rings. The zero-order chi connectivity index (χ0) is 14.4. The average molecular weight is 291 g/mol. The van der Waals surface area contributed by atoms with Crippen molar-refractivity contribution >= 4 is 17.1 Å². The summed E-state index contributed by atoms with van der Waals surface area (Å²) >= 11 is 1.41. The molecule has 1 aliphatic carbocycles. The van der Waals surface area contributed by atoms with Crippen molar-refractivity contribution in [2.24, 2.45) is 0 Å². The Bertz CT molecular complexity index is 863. The van der Waals surface area contributed by atoms with Crippen molar-refractivity contribution in [1.29, 1.82) is 0 Å². The number of nitrogens with zero attached hydrogens (tertiary/aromatic N) is 1.